The summed E-state index contributed by atoms with van der Waals surface area (Å²) in [5.74, 6) is -2.50. The number of aliphatic hydroxyl groups excluding tert-OH is 1. The van der Waals surface area contributed by atoms with Crippen molar-refractivity contribution < 1.29 is 23.9 Å². The molecule has 0 saturated carbocycles. The molecule has 2 aromatic rings. The van der Waals surface area contributed by atoms with Crippen LogP contribution in [0, 0.1) is 26.6 Å². The number of nitrogens with zero attached hydrogens (tertiary/aromatic N) is 1. The molecule has 0 unspecified atom stereocenters. The molecule has 0 atom stereocenters. The fourth-order valence-electron chi connectivity index (χ4n) is 3.06. The van der Waals surface area contributed by atoms with Gasteiger partial charge in [-0.25, -0.2) is 4.39 Å². The molecule has 8 heteroatoms. The summed E-state index contributed by atoms with van der Waals surface area (Å²) < 4.78 is 14.9. The molecular weight excluding hydrogens is 377 g/mol. The van der Waals surface area contributed by atoms with Crippen LogP contribution in [0.25, 0.3) is 0 Å². The molecule has 156 valence electrons. The number of hydrogen-bond acceptors (Lipinski definition) is 4. The second-order valence-corrected chi connectivity index (χ2v) is 7.74. The van der Waals surface area contributed by atoms with E-state index in [0.717, 1.165) is 0 Å². The number of Topliss-reactive ketones (excluding diaryl/α,β-unsaturated/α-hetero) is 1. The van der Waals surface area contributed by atoms with Crippen molar-refractivity contribution in [1.29, 1.82) is 0 Å². The average Bonchev–Trinajstić information content (AvgIpc) is 2.86. The van der Waals surface area contributed by atoms with E-state index >= 15 is 0 Å². The zero-order valence-corrected chi connectivity index (χ0v) is 17.4. The molecular formula is C21H26FN3O4. The lowest BCUT2D eigenvalue weighted by Gasteiger charge is -2.23. The van der Waals surface area contributed by atoms with Crippen LogP contribution in [0.2, 0.25) is 0 Å². The molecule has 1 aromatic heterocycles. The number of halogens is 1. The van der Waals surface area contributed by atoms with Crippen LogP contribution in [0.15, 0.2) is 18.2 Å². The van der Waals surface area contributed by atoms with Gasteiger partial charge in [0.2, 0.25) is 0 Å². The molecule has 0 radical (unpaired) electrons. The second kappa shape index (κ2) is 8.16. The van der Waals surface area contributed by atoms with Crippen LogP contribution in [0.5, 0.6) is 0 Å². The number of carbonyl (C=O) groups is 3. The summed E-state index contributed by atoms with van der Waals surface area (Å²) in [5, 5.41) is 14.5. The van der Waals surface area contributed by atoms with Gasteiger partial charge in [-0.2, -0.15) is 0 Å². The number of aromatic nitrogens is 1. The maximum atomic E-state index is 13.4. The summed E-state index contributed by atoms with van der Waals surface area (Å²) in [4.78, 5) is 37.9. The lowest BCUT2D eigenvalue weighted by atomic mass is 10.0. The zero-order chi connectivity index (χ0) is 22.1. The number of anilines is 1. The summed E-state index contributed by atoms with van der Waals surface area (Å²) in [5.41, 5.74) is 1.10. The van der Waals surface area contributed by atoms with Gasteiger partial charge >= 0.3 is 0 Å². The van der Waals surface area contributed by atoms with Crippen LogP contribution in [-0.2, 0) is 11.8 Å². The van der Waals surface area contributed by atoms with Crippen LogP contribution in [0.3, 0.4) is 0 Å². The van der Waals surface area contributed by atoms with Crippen LogP contribution >= 0.6 is 0 Å². The van der Waals surface area contributed by atoms with E-state index in [2.05, 4.69) is 10.6 Å². The van der Waals surface area contributed by atoms with Gasteiger partial charge in [-0.15, -0.1) is 0 Å². The Balaban J connectivity index is 2.36. The second-order valence-electron chi connectivity index (χ2n) is 7.74. The highest BCUT2D eigenvalue weighted by atomic mass is 19.1. The van der Waals surface area contributed by atoms with E-state index in [1.165, 1.54) is 22.8 Å². The first-order chi connectivity index (χ1) is 13.4. The number of aliphatic hydroxyl groups is 1. The molecule has 1 heterocycles. The van der Waals surface area contributed by atoms with Gasteiger partial charge in [0.05, 0.1) is 23.4 Å². The van der Waals surface area contributed by atoms with E-state index < -0.39 is 23.1 Å². The molecule has 0 aliphatic carbocycles. The van der Waals surface area contributed by atoms with Crippen molar-refractivity contribution in [3.8, 4) is 0 Å². The van der Waals surface area contributed by atoms with Gasteiger partial charge < -0.3 is 20.3 Å². The SMILES string of the molecule is Cc1cc(NC(=O)c2c(C)c(C(=O)C(=O)NC(C)(C)CO)n(C)c2C)ccc1F. The fraction of sp³-hybridized carbons (Fsp3) is 0.381. The average molecular weight is 403 g/mol. The fourth-order valence-corrected chi connectivity index (χ4v) is 3.06. The van der Waals surface area contributed by atoms with Gasteiger partial charge in [0.25, 0.3) is 17.6 Å². The molecule has 0 fully saturated rings. The standard InChI is InChI=1S/C21H26FN3O4/c1-11-9-14(7-8-15(11)22)23-19(28)16-12(2)17(25(6)13(16)3)18(27)20(29)24-21(4,5)10-26/h7-9,26H,10H2,1-6H3,(H,23,28)(H,24,29). The van der Waals surface area contributed by atoms with Crippen molar-refractivity contribution in [3.05, 3.63) is 52.1 Å². The highest BCUT2D eigenvalue weighted by Gasteiger charge is 2.31. The number of hydrogen-bond donors (Lipinski definition) is 3. The number of amides is 2. The molecule has 29 heavy (non-hydrogen) atoms. The predicted octanol–water partition coefficient (Wildman–Crippen LogP) is 2.41. The molecule has 1 aromatic carbocycles. The van der Waals surface area contributed by atoms with Crippen molar-refractivity contribution >= 4 is 23.3 Å². The van der Waals surface area contributed by atoms with Gasteiger partial charge in [0.15, 0.2) is 0 Å². The van der Waals surface area contributed by atoms with E-state index in [-0.39, 0.29) is 23.7 Å². The Bertz CT molecular complexity index is 992. The van der Waals surface area contributed by atoms with Crippen molar-refractivity contribution in [2.75, 3.05) is 11.9 Å². The molecule has 3 N–H and O–H groups in total. The van der Waals surface area contributed by atoms with Gasteiger partial charge in [0.1, 0.15) is 5.82 Å². The first-order valence-corrected chi connectivity index (χ1v) is 9.10. The van der Waals surface area contributed by atoms with Gasteiger partial charge in [-0.3, -0.25) is 14.4 Å². The van der Waals surface area contributed by atoms with Gasteiger partial charge in [-0.1, -0.05) is 0 Å². The van der Waals surface area contributed by atoms with E-state index in [1.807, 2.05) is 0 Å². The quantitative estimate of drug-likeness (QED) is 0.509. The minimum absolute atomic E-state index is 0.0918. The van der Waals surface area contributed by atoms with Gasteiger partial charge in [0, 0.05) is 18.4 Å². The maximum absolute atomic E-state index is 13.4. The molecule has 0 aliphatic heterocycles. The highest BCUT2D eigenvalue weighted by molar-refractivity contribution is 6.43. The third-order valence-electron chi connectivity index (χ3n) is 4.84. The van der Waals surface area contributed by atoms with Crippen LogP contribution in [0.4, 0.5) is 10.1 Å². The monoisotopic (exact) mass is 403 g/mol. The molecule has 0 spiro atoms. The summed E-state index contributed by atoms with van der Waals surface area (Å²) in [6.07, 6.45) is 0. The Hall–Kier alpha value is -3.00. The number of benzene rings is 1. The lowest BCUT2D eigenvalue weighted by Crippen LogP contribution is -2.49. The summed E-state index contributed by atoms with van der Waals surface area (Å²) in [6.45, 7) is 7.70. The molecule has 2 rings (SSSR count). The normalized spacial score (nSPS) is 11.3. The maximum Gasteiger partial charge on any atom is 0.294 e. The number of rotatable bonds is 6. The predicted molar refractivity (Wildman–Crippen MR) is 108 cm³/mol. The van der Waals surface area contributed by atoms with E-state index in [9.17, 15) is 23.9 Å². The van der Waals surface area contributed by atoms with E-state index in [0.29, 0.717) is 22.5 Å². The molecule has 0 saturated heterocycles. The first kappa shape index (κ1) is 22.3. The Morgan fingerprint density at radius 2 is 1.79 bits per heavy atom. The Kier molecular flexibility index (Phi) is 6.27. The van der Waals surface area contributed by atoms with Crippen molar-refractivity contribution in [3.63, 3.8) is 0 Å². The van der Waals surface area contributed by atoms with E-state index in [1.54, 1.807) is 41.7 Å². The van der Waals surface area contributed by atoms with E-state index in [4.69, 9.17) is 0 Å². The summed E-state index contributed by atoms with van der Waals surface area (Å²) in [6, 6.07) is 4.22. The number of carbonyl (C=O) groups excluding carboxylic acids is 3. The summed E-state index contributed by atoms with van der Waals surface area (Å²) >= 11 is 0. The highest BCUT2D eigenvalue weighted by Crippen LogP contribution is 2.24. The zero-order valence-electron chi connectivity index (χ0n) is 17.4. The third kappa shape index (κ3) is 4.54. The van der Waals surface area contributed by atoms with Crippen molar-refractivity contribution in [1.82, 2.24) is 9.88 Å². The largest absolute Gasteiger partial charge is 0.394 e. The topological polar surface area (TPSA) is 100 Å². The molecule has 2 amide bonds. The Morgan fingerprint density at radius 3 is 2.34 bits per heavy atom. The first-order valence-electron chi connectivity index (χ1n) is 9.10. The molecule has 7 nitrogen and oxygen atoms in total. The lowest BCUT2D eigenvalue weighted by molar-refractivity contribution is -0.119. The Morgan fingerprint density at radius 1 is 1.17 bits per heavy atom. The number of aryl methyl sites for hydroxylation is 1. The summed E-state index contributed by atoms with van der Waals surface area (Å²) in [7, 11) is 1.60. The van der Waals surface area contributed by atoms with Crippen LogP contribution in [0.1, 0.15) is 51.5 Å². The minimum Gasteiger partial charge on any atom is -0.394 e. The van der Waals surface area contributed by atoms with Crippen molar-refractivity contribution in [2.24, 2.45) is 7.05 Å². The smallest absolute Gasteiger partial charge is 0.294 e. The van der Waals surface area contributed by atoms with Crippen LogP contribution in [-0.4, -0.2) is 39.4 Å². The molecule has 0 aliphatic rings. The molecule has 0 bridgehead atoms. The number of ketones is 1. The van der Waals surface area contributed by atoms with Gasteiger partial charge in [-0.05, 0) is 63.9 Å². The third-order valence-corrected chi connectivity index (χ3v) is 4.84. The minimum atomic E-state index is -0.957. The number of nitrogens with one attached hydrogen (secondary N) is 2. The van der Waals surface area contributed by atoms with Crippen molar-refractivity contribution in [2.45, 2.75) is 40.2 Å². The Labute approximate surface area is 168 Å². The van der Waals surface area contributed by atoms with Crippen LogP contribution < -0.4 is 10.6 Å².